The zero-order valence-electron chi connectivity index (χ0n) is 20.5. The molecule has 0 fully saturated rings. The van der Waals surface area contributed by atoms with Crippen LogP contribution in [0.5, 0.6) is 0 Å². The molecule has 1 atom stereocenters. The number of nitrogens with zero attached hydrogens (tertiary/aromatic N) is 3. The van der Waals surface area contributed by atoms with Gasteiger partial charge >= 0.3 is 0 Å². The molecule has 0 amide bonds. The molecule has 1 aliphatic rings. The van der Waals surface area contributed by atoms with Crippen molar-refractivity contribution < 1.29 is 8.91 Å². The fourth-order valence-corrected chi connectivity index (χ4v) is 4.82. The van der Waals surface area contributed by atoms with Crippen molar-refractivity contribution >= 4 is 28.6 Å². The molecular weight excluding hydrogens is 471 g/mol. The van der Waals surface area contributed by atoms with Gasteiger partial charge in [-0.25, -0.2) is 4.39 Å². The molecule has 1 N–H and O–H groups in total. The number of aromatic nitrogens is 2. The minimum atomic E-state index is -0.305. The first-order chi connectivity index (χ1) is 17.5. The number of halogens is 1. The Balaban J connectivity index is 1.62. The van der Waals surface area contributed by atoms with E-state index >= 15 is 0 Å². The molecular formula is C29H27FN4OS. The smallest absolute Gasteiger partial charge is 0.258 e. The van der Waals surface area contributed by atoms with Crippen molar-refractivity contribution in [2.75, 3.05) is 4.90 Å². The maximum absolute atomic E-state index is 13.6. The number of hydrogen-bond acceptors (Lipinski definition) is 4. The van der Waals surface area contributed by atoms with Crippen molar-refractivity contribution in [3.8, 4) is 11.4 Å². The molecule has 1 unspecified atom stereocenters. The third-order valence-corrected chi connectivity index (χ3v) is 6.87. The number of aryl methyl sites for hydroxylation is 2. The van der Waals surface area contributed by atoms with E-state index in [0.717, 1.165) is 40.9 Å². The molecule has 7 heteroatoms. The minimum absolute atomic E-state index is 0.282. The highest BCUT2D eigenvalue weighted by molar-refractivity contribution is 7.80. The van der Waals surface area contributed by atoms with Gasteiger partial charge in [0.15, 0.2) is 5.11 Å². The molecule has 5 nitrogen and oxygen atoms in total. The van der Waals surface area contributed by atoms with E-state index < -0.39 is 0 Å². The Labute approximate surface area is 215 Å². The Morgan fingerprint density at radius 1 is 0.917 bits per heavy atom. The molecule has 1 aliphatic heterocycles. The lowest BCUT2D eigenvalue weighted by Gasteiger charge is -2.37. The Kier molecular flexibility index (Phi) is 6.65. The molecule has 0 bridgehead atoms. The van der Waals surface area contributed by atoms with Crippen molar-refractivity contribution in [2.45, 2.75) is 39.7 Å². The summed E-state index contributed by atoms with van der Waals surface area (Å²) in [6.45, 7) is 6.22. The fourth-order valence-electron chi connectivity index (χ4n) is 4.46. The van der Waals surface area contributed by atoms with Gasteiger partial charge in [-0.1, -0.05) is 67.5 Å². The summed E-state index contributed by atoms with van der Waals surface area (Å²) in [6.07, 6.45) is 1.92. The van der Waals surface area contributed by atoms with Gasteiger partial charge in [0.1, 0.15) is 5.82 Å². The van der Waals surface area contributed by atoms with Crippen LogP contribution in [0.25, 0.3) is 17.0 Å². The highest BCUT2D eigenvalue weighted by Gasteiger charge is 2.34. The van der Waals surface area contributed by atoms with Gasteiger partial charge in [0.2, 0.25) is 5.82 Å². The van der Waals surface area contributed by atoms with Gasteiger partial charge < -0.3 is 9.84 Å². The first-order valence-electron chi connectivity index (χ1n) is 12.1. The van der Waals surface area contributed by atoms with E-state index in [2.05, 4.69) is 60.7 Å². The summed E-state index contributed by atoms with van der Waals surface area (Å²) in [5, 5.41) is 8.26. The average molecular weight is 499 g/mol. The van der Waals surface area contributed by atoms with Crippen molar-refractivity contribution in [3.63, 3.8) is 0 Å². The third-order valence-electron chi connectivity index (χ3n) is 6.57. The highest BCUT2D eigenvalue weighted by atomic mass is 32.1. The normalized spacial score (nSPS) is 15.8. The van der Waals surface area contributed by atoms with Crippen molar-refractivity contribution in [1.29, 1.82) is 0 Å². The molecule has 4 aromatic rings. The summed E-state index contributed by atoms with van der Waals surface area (Å²) in [4.78, 5) is 6.66. The molecule has 0 radical (unpaired) electrons. The van der Waals surface area contributed by atoms with Gasteiger partial charge in [0.05, 0.1) is 11.6 Å². The van der Waals surface area contributed by atoms with E-state index in [1.54, 1.807) is 12.1 Å². The number of nitrogens with one attached hydrogen (secondary N) is 1. The SMILES string of the molecule is CCc1ccc(-c2noc(C3=C(C)N(c4ccc(F)cc4)C(=S)NC3c3ccc(CC)cc3)n2)cc1. The van der Waals surface area contributed by atoms with E-state index in [4.69, 9.17) is 21.7 Å². The topological polar surface area (TPSA) is 54.2 Å². The van der Waals surface area contributed by atoms with E-state index in [1.165, 1.54) is 23.3 Å². The second kappa shape index (κ2) is 10.0. The van der Waals surface area contributed by atoms with Gasteiger partial charge in [-0.05, 0) is 72.9 Å². The van der Waals surface area contributed by atoms with E-state index in [9.17, 15) is 4.39 Å². The monoisotopic (exact) mass is 498 g/mol. The largest absolute Gasteiger partial charge is 0.351 e. The number of thiocarbonyl (C=S) groups is 1. The number of rotatable bonds is 6. The molecule has 0 saturated heterocycles. The summed E-state index contributed by atoms with van der Waals surface area (Å²) in [6, 6.07) is 22.6. The molecule has 0 saturated carbocycles. The first kappa shape index (κ1) is 23.9. The number of hydrogen-bond donors (Lipinski definition) is 1. The number of benzene rings is 3. The van der Waals surface area contributed by atoms with Gasteiger partial charge in [-0.15, -0.1) is 0 Å². The first-order valence-corrected chi connectivity index (χ1v) is 12.5. The van der Waals surface area contributed by atoms with Crippen LogP contribution in [0, 0.1) is 5.82 Å². The lowest BCUT2D eigenvalue weighted by atomic mass is 9.93. The van der Waals surface area contributed by atoms with Crippen molar-refractivity contribution in [1.82, 2.24) is 15.5 Å². The lowest BCUT2D eigenvalue weighted by molar-refractivity contribution is 0.404. The van der Waals surface area contributed by atoms with Crippen molar-refractivity contribution in [3.05, 3.63) is 107 Å². The van der Waals surface area contributed by atoms with Crippen LogP contribution in [-0.2, 0) is 12.8 Å². The summed E-state index contributed by atoms with van der Waals surface area (Å²) < 4.78 is 19.5. The molecule has 2 heterocycles. The van der Waals surface area contributed by atoms with Gasteiger partial charge in [-0.2, -0.15) is 4.98 Å². The standard InChI is InChI=1S/C29H27FN4OS/c1-4-19-6-10-21(11-7-19)26-25(18(3)34(29(36)31-26)24-16-14-23(30)15-17-24)28-32-27(33-35-28)22-12-8-20(5-2)9-13-22/h6-17,26H,4-5H2,1-3H3,(H,31,36). The number of allylic oxidation sites excluding steroid dienone is 1. The Bertz CT molecular complexity index is 1410. The van der Waals surface area contributed by atoms with Crippen LogP contribution in [-0.4, -0.2) is 15.3 Å². The van der Waals surface area contributed by atoms with E-state index in [0.29, 0.717) is 16.8 Å². The second-order valence-electron chi connectivity index (χ2n) is 8.76. The molecule has 182 valence electrons. The van der Waals surface area contributed by atoms with Crippen LogP contribution >= 0.6 is 12.2 Å². The molecule has 1 aromatic heterocycles. The van der Waals surface area contributed by atoms with Gasteiger partial charge in [0, 0.05) is 16.9 Å². The number of anilines is 1. The van der Waals surface area contributed by atoms with Crippen LogP contribution in [0.15, 0.2) is 83.0 Å². The minimum Gasteiger partial charge on any atom is -0.351 e. The molecule has 5 rings (SSSR count). The van der Waals surface area contributed by atoms with Crippen LogP contribution in [0.1, 0.15) is 49.4 Å². The van der Waals surface area contributed by atoms with Crippen LogP contribution < -0.4 is 10.2 Å². The maximum atomic E-state index is 13.6. The van der Waals surface area contributed by atoms with E-state index in [-0.39, 0.29) is 11.9 Å². The third kappa shape index (κ3) is 4.54. The summed E-state index contributed by atoms with van der Waals surface area (Å²) in [5.74, 6) is 0.629. The lowest BCUT2D eigenvalue weighted by Crippen LogP contribution is -2.46. The summed E-state index contributed by atoms with van der Waals surface area (Å²) in [7, 11) is 0. The van der Waals surface area contributed by atoms with Crippen LogP contribution in [0.4, 0.5) is 10.1 Å². The van der Waals surface area contributed by atoms with Crippen molar-refractivity contribution in [2.24, 2.45) is 0 Å². The highest BCUT2D eigenvalue weighted by Crippen LogP contribution is 2.39. The van der Waals surface area contributed by atoms with E-state index in [1.807, 2.05) is 24.0 Å². The van der Waals surface area contributed by atoms with Crippen LogP contribution in [0.2, 0.25) is 0 Å². The van der Waals surface area contributed by atoms with Gasteiger partial charge in [0.25, 0.3) is 5.89 Å². The quantitative estimate of drug-likeness (QED) is 0.293. The molecule has 36 heavy (non-hydrogen) atoms. The molecule has 0 spiro atoms. The fraction of sp³-hybridized carbons (Fsp3) is 0.207. The zero-order chi connectivity index (χ0) is 25.2. The Morgan fingerprint density at radius 3 is 2.14 bits per heavy atom. The predicted octanol–water partition coefficient (Wildman–Crippen LogP) is 6.87. The zero-order valence-corrected chi connectivity index (χ0v) is 21.3. The second-order valence-corrected chi connectivity index (χ2v) is 9.15. The molecule has 0 aliphatic carbocycles. The van der Waals surface area contributed by atoms with Gasteiger partial charge in [-0.3, -0.25) is 4.90 Å². The summed E-state index contributed by atoms with van der Waals surface area (Å²) >= 11 is 5.77. The average Bonchev–Trinajstić information content (AvgIpc) is 3.39. The van der Waals surface area contributed by atoms with Crippen LogP contribution in [0.3, 0.4) is 0 Å². The Morgan fingerprint density at radius 2 is 1.53 bits per heavy atom. The maximum Gasteiger partial charge on any atom is 0.258 e. The Hall–Kier alpha value is -3.84. The molecule has 3 aromatic carbocycles. The predicted molar refractivity (Wildman–Crippen MR) is 145 cm³/mol. The summed E-state index contributed by atoms with van der Waals surface area (Å²) in [5.41, 5.74) is 6.83.